The minimum Gasteiger partial charge on any atom is -0.321 e. The van der Waals surface area contributed by atoms with Crippen LogP contribution in [0, 0.1) is 0 Å². The number of rotatable bonds is 3. The normalized spacial score (nSPS) is 17.9. The van der Waals surface area contributed by atoms with E-state index in [9.17, 15) is 4.79 Å². The maximum absolute atomic E-state index is 12.3. The number of fused-ring (bicyclic) bond motifs is 1. The van der Waals surface area contributed by atoms with E-state index in [2.05, 4.69) is 33.1 Å². The second-order valence-electron chi connectivity index (χ2n) is 6.39. The molecule has 0 atom stereocenters. The summed E-state index contributed by atoms with van der Waals surface area (Å²) in [4.78, 5) is 12.3. The molecule has 23 heavy (non-hydrogen) atoms. The second-order valence-corrected chi connectivity index (χ2v) is 6.39. The molecule has 1 aromatic carbocycles. The Labute approximate surface area is 135 Å². The zero-order chi connectivity index (χ0) is 15.6. The highest BCUT2D eigenvalue weighted by molar-refractivity contribution is 6.02. The second kappa shape index (κ2) is 6.12. The van der Waals surface area contributed by atoms with Gasteiger partial charge in [0.1, 0.15) is 0 Å². The highest BCUT2D eigenvalue weighted by Crippen LogP contribution is 2.30. The minimum atomic E-state index is -0.197. The number of benzene rings is 1. The molecule has 2 heterocycles. The quantitative estimate of drug-likeness (QED) is 0.912. The molecule has 0 unspecified atom stereocenters. The summed E-state index contributed by atoms with van der Waals surface area (Å²) in [7, 11) is 0. The van der Waals surface area contributed by atoms with Gasteiger partial charge in [-0.25, -0.2) is 4.68 Å². The summed E-state index contributed by atoms with van der Waals surface area (Å²) < 4.78 is 1.82. The van der Waals surface area contributed by atoms with Gasteiger partial charge in [0.05, 0.1) is 12.2 Å². The Balaban J connectivity index is 1.47. The largest absolute Gasteiger partial charge is 0.321 e. The molecule has 0 bridgehead atoms. The molecule has 1 fully saturated rings. The van der Waals surface area contributed by atoms with E-state index < -0.39 is 0 Å². The van der Waals surface area contributed by atoms with E-state index in [1.54, 1.807) is 6.20 Å². The molecule has 0 saturated heterocycles. The topological polar surface area (TPSA) is 71.8 Å². The lowest BCUT2D eigenvalue weighted by Crippen LogP contribution is -2.17. The Morgan fingerprint density at radius 1 is 1.26 bits per heavy atom. The molecule has 1 aromatic heterocycles. The summed E-state index contributed by atoms with van der Waals surface area (Å²) in [6, 6.07) is 6.56. The average Bonchev–Trinajstić information content (AvgIpc) is 2.84. The molecule has 1 aliphatic heterocycles. The van der Waals surface area contributed by atoms with Crippen LogP contribution in [0.3, 0.4) is 0 Å². The molecular formula is C17H21N5O. The SMILES string of the molecule is O=C(Nc1ccc2c(c1)CNCCC2)c1cn(C2CCC2)nn1. The highest BCUT2D eigenvalue weighted by Gasteiger charge is 2.22. The Bertz CT molecular complexity index is 720. The van der Waals surface area contributed by atoms with Gasteiger partial charge in [0.2, 0.25) is 0 Å². The van der Waals surface area contributed by atoms with E-state index in [-0.39, 0.29) is 5.91 Å². The standard InChI is InChI=1S/C17H21N5O/c23-17(16-11-22(21-20-16)15-4-1-5-15)19-14-7-6-12-3-2-8-18-10-13(12)9-14/h6-7,9,11,15,18H,1-5,8,10H2,(H,19,23). The van der Waals surface area contributed by atoms with Crippen LogP contribution in [0.2, 0.25) is 0 Å². The van der Waals surface area contributed by atoms with Crippen molar-refractivity contribution in [1.82, 2.24) is 20.3 Å². The molecule has 4 rings (SSSR count). The summed E-state index contributed by atoms with van der Waals surface area (Å²) in [5, 5.41) is 14.4. The van der Waals surface area contributed by atoms with Crippen molar-refractivity contribution in [2.75, 3.05) is 11.9 Å². The van der Waals surface area contributed by atoms with Crippen molar-refractivity contribution in [1.29, 1.82) is 0 Å². The van der Waals surface area contributed by atoms with Crippen LogP contribution < -0.4 is 10.6 Å². The van der Waals surface area contributed by atoms with Crippen molar-refractivity contribution in [2.45, 2.75) is 44.7 Å². The van der Waals surface area contributed by atoms with Crippen LogP contribution in [0.15, 0.2) is 24.4 Å². The summed E-state index contributed by atoms with van der Waals surface area (Å²) in [5.41, 5.74) is 3.82. The van der Waals surface area contributed by atoms with Gasteiger partial charge >= 0.3 is 0 Å². The maximum Gasteiger partial charge on any atom is 0.277 e. The number of aryl methyl sites for hydroxylation is 1. The third kappa shape index (κ3) is 2.99. The van der Waals surface area contributed by atoms with Crippen LogP contribution in [0.5, 0.6) is 0 Å². The van der Waals surface area contributed by atoms with E-state index >= 15 is 0 Å². The van der Waals surface area contributed by atoms with Gasteiger partial charge in [0.25, 0.3) is 5.91 Å². The number of anilines is 1. The Morgan fingerprint density at radius 3 is 3.00 bits per heavy atom. The fraction of sp³-hybridized carbons (Fsp3) is 0.471. The van der Waals surface area contributed by atoms with Gasteiger partial charge in [0.15, 0.2) is 5.69 Å². The van der Waals surface area contributed by atoms with Gasteiger partial charge in [-0.15, -0.1) is 5.10 Å². The lowest BCUT2D eigenvalue weighted by atomic mass is 9.93. The van der Waals surface area contributed by atoms with Crippen molar-refractivity contribution < 1.29 is 4.79 Å². The van der Waals surface area contributed by atoms with Crippen LogP contribution in [0.25, 0.3) is 0 Å². The molecule has 1 aliphatic carbocycles. The van der Waals surface area contributed by atoms with Crippen molar-refractivity contribution in [3.63, 3.8) is 0 Å². The molecule has 6 heteroatoms. The predicted octanol–water partition coefficient (Wildman–Crippen LogP) is 2.29. The van der Waals surface area contributed by atoms with E-state index in [0.29, 0.717) is 11.7 Å². The smallest absolute Gasteiger partial charge is 0.277 e. The maximum atomic E-state index is 12.3. The first kappa shape index (κ1) is 14.4. The monoisotopic (exact) mass is 311 g/mol. The van der Waals surface area contributed by atoms with Crippen LogP contribution in [-0.4, -0.2) is 27.4 Å². The lowest BCUT2D eigenvalue weighted by molar-refractivity contribution is 0.102. The van der Waals surface area contributed by atoms with Gasteiger partial charge in [-0.3, -0.25) is 4.79 Å². The summed E-state index contributed by atoms with van der Waals surface area (Å²) in [6.45, 7) is 1.90. The van der Waals surface area contributed by atoms with Gasteiger partial charge in [-0.05, 0) is 61.9 Å². The molecular weight excluding hydrogens is 290 g/mol. The fourth-order valence-electron chi connectivity index (χ4n) is 3.14. The van der Waals surface area contributed by atoms with Crippen molar-refractivity contribution >= 4 is 11.6 Å². The third-order valence-electron chi connectivity index (χ3n) is 4.77. The number of carbonyl (C=O) groups excluding carboxylic acids is 1. The number of aromatic nitrogens is 3. The van der Waals surface area contributed by atoms with Gasteiger partial charge in [-0.2, -0.15) is 0 Å². The lowest BCUT2D eigenvalue weighted by Gasteiger charge is -2.24. The fourth-order valence-corrected chi connectivity index (χ4v) is 3.14. The highest BCUT2D eigenvalue weighted by atomic mass is 16.2. The summed E-state index contributed by atoms with van der Waals surface area (Å²) in [6.07, 6.45) is 7.49. The van der Waals surface area contributed by atoms with E-state index in [4.69, 9.17) is 0 Å². The van der Waals surface area contributed by atoms with Gasteiger partial charge in [-0.1, -0.05) is 11.3 Å². The zero-order valence-electron chi connectivity index (χ0n) is 13.1. The third-order valence-corrected chi connectivity index (χ3v) is 4.77. The summed E-state index contributed by atoms with van der Waals surface area (Å²) >= 11 is 0. The van der Waals surface area contributed by atoms with Crippen molar-refractivity contribution in [2.24, 2.45) is 0 Å². The van der Waals surface area contributed by atoms with E-state index in [1.165, 1.54) is 17.5 Å². The summed E-state index contributed by atoms with van der Waals surface area (Å²) in [5.74, 6) is -0.197. The van der Waals surface area contributed by atoms with Crippen molar-refractivity contribution in [3.05, 3.63) is 41.2 Å². The van der Waals surface area contributed by atoms with E-state index in [1.807, 2.05) is 10.7 Å². The predicted molar refractivity (Wildman–Crippen MR) is 87.3 cm³/mol. The van der Waals surface area contributed by atoms with Crippen LogP contribution >= 0.6 is 0 Å². The average molecular weight is 311 g/mol. The molecule has 2 N–H and O–H groups in total. The number of nitrogens with zero attached hydrogens (tertiary/aromatic N) is 3. The Hall–Kier alpha value is -2.21. The number of amides is 1. The van der Waals surface area contributed by atoms with Crippen LogP contribution in [-0.2, 0) is 13.0 Å². The first-order valence-electron chi connectivity index (χ1n) is 8.35. The molecule has 0 radical (unpaired) electrons. The molecule has 1 saturated carbocycles. The number of nitrogens with one attached hydrogen (secondary N) is 2. The molecule has 2 aliphatic rings. The first-order valence-corrected chi connectivity index (χ1v) is 8.35. The molecule has 2 aromatic rings. The Morgan fingerprint density at radius 2 is 2.17 bits per heavy atom. The number of hydrogen-bond acceptors (Lipinski definition) is 4. The molecule has 0 spiro atoms. The number of carbonyl (C=O) groups is 1. The number of hydrogen-bond donors (Lipinski definition) is 2. The van der Waals surface area contributed by atoms with Gasteiger partial charge < -0.3 is 10.6 Å². The molecule has 6 nitrogen and oxygen atoms in total. The van der Waals surface area contributed by atoms with Gasteiger partial charge in [0, 0.05) is 12.2 Å². The minimum absolute atomic E-state index is 0.197. The molecule has 120 valence electrons. The van der Waals surface area contributed by atoms with Crippen LogP contribution in [0.1, 0.15) is 53.3 Å². The Kier molecular flexibility index (Phi) is 3.83. The zero-order valence-corrected chi connectivity index (χ0v) is 13.1. The first-order chi connectivity index (χ1) is 11.3. The van der Waals surface area contributed by atoms with Crippen LogP contribution in [0.4, 0.5) is 5.69 Å². The van der Waals surface area contributed by atoms with E-state index in [0.717, 1.165) is 44.5 Å². The molecule has 1 amide bonds. The van der Waals surface area contributed by atoms with Crippen molar-refractivity contribution in [3.8, 4) is 0 Å².